The number of halogens is 1. The molecule has 1 saturated heterocycles. The number of esters is 1. The van der Waals surface area contributed by atoms with Crippen molar-refractivity contribution in [3.63, 3.8) is 0 Å². The molecule has 1 aromatic heterocycles. The molecule has 2 heterocycles. The Labute approximate surface area is 168 Å². The minimum absolute atomic E-state index is 0.113. The van der Waals surface area contributed by atoms with Gasteiger partial charge >= 0.3 is 5.97 Å². The van der Waals surface area contributed by atoms with E-state index >= 15 is 0 Å². The minimum Gasteiger partial charge on any atom is -0.467 e. The fraction of sp³-hybridized carbons (Fsp3) is 0.467. The van der Waals surface area contributed by atoms with Gasteiger partial charge in [0.1, 0.15) is 23.7 Å². The van der Waals surface area contributed by atoms with E-state index in [4.69, 9.17) is 16.4 Å². The molecular formula is C15H18ClN5O6S. The van der Waals surface area contributed by atoms with Gasteiger partial charge in [-0.05, 0) is 13.8 Å². The van der Waals surface area contributed by atoms with Crippen molar-refractivity contribution in [1.29, 1.82) is 0 Å². The van der Waals surface area contributed by atoms with Crippen molar-refractivity contribution in [2.45, 2.75) is 32.0 Å². The Kier molecular flexibility index (Phi) is 7.29. The number of β-lactam (4-membered cyclic amide) rings is 1. The number of nitrogens with zero attached hydrogens (tertiary/aromatic N) is 2. The van der Waals surface area contributed by atoms with E-state index < -0.39 is 35.8 Å². The quantitative estimate of drug-likeness (QED) is 0.167. The Balaban J connectivity index is 2.20. The van der Waals surface area contributed by atoms with Crippen LogP contribution < -0.4 is 16.0 Å². The number of carbonyl (C=O) groups excluding carboxylic acids is 4. The summed E-state index contributed by atoms with van der Waals surface area (Å²) in [5, 5.41) is 12.7. The van der Waals surface area contributed by atoms with Crippen LogP contribution in [0.1, 0.15) is 19.5 Å². The maximum Gasteiger partial charge on any atom is 0.331 e. The normalized spacial score (nSPS) is 18.8. The van der Waals surface area contributed by atoms with Gasteiger partial charge in [-0.25, -0.2) is 9.78 Å². The van der Waals surface area contributed by atoms with Crippen molar-refractivity contribution in [3.05, 3.63) is 11.1 Å². The number of hydrogen-bond donors (Lipinski definition) is 3. The zero-order chi connectivity index (χ0) is 20.8. The van der Waals surface area contributed by atoms with Gasteiger partial charge in [-0.1, -0.05) is 5.16 Å². The van der Waals surface area contributed by atoms with Crippen LogP contribution in [0.5, 0.6) is 0 Å². The smallest absolute Gasteiger partial charge is 0.331 e. The van der Waals surface area contributed by atoms with E-state index in [1.54, 1.807) is 13.8 Å². The average molecular weight is 432 g/mol. The van der Waals surface area contributed by atoms with E-state index in [1.165, 1.54) is 12.5 Å². The number of aromatic nitrogens is 1. The van der Waals surface area contributed by atoms with Gasteiger partial charge in [0.25, 0.3) is 5.91 Å². The Hall–Kier alpha value is -2.73. The van der Waals surface area contributed by atoms with E-state index in [9.17, 15) is 19.2 Å². The summed E-state index contributed by atoms with van der Waals surface area (Å²) < 4.78 is 4.57. The van der Waals surface area contributed by atoms with Gasteiger partial charge in [0.05, 0.1) is 7.11 Å². The molecule has 0 spiro atoms. The maximum absolute atomic E-state index is 12.7. The van der Waals surface area contributed by atoms with Crippen LogP contribution in [0.25, 0.3) is 0 Å². The second kappa shape index (κ2) is 9.46. The molecule has 0 radical (unpaired) electrons. The van der Waals surface area contributed by atoms with Crippen LogP contribution in [-0.4, -0.2) is 65.6 Å². The third-order valence-corrected chi connectivity index (χ3v) is 4.34. The van der Waals surface area contributed by atoms with Crippen molar-refractivity contribution in [2.24, 2.45) is 5.16 Å². The minimum atomic E-state index is -1.11. The van der Waals surface area contributed by atoms with E-state index in [2.05, 4.69) is 30.8 Å². The molecule has 1 aliphatic heterocycles. The second-order valence-electron chi connectivity index (χ2n) is 5.77. The number of amides is 3. The summed E-state index contributed by atoms with van der Waals surface area (Å²) in [6.45, 7) is 3.41. The van der Waals surface area contributed by atoms with Crippen LogP contribution in [-0.2, 0) is 28.8 Å². The maximum atomic E-state index is 12.7. The summed E-state index contributed by atoms with van der Waals surface area (Å²) in [6.07, 6.45) is -0.327. The van der Waals surface area contributed by atoms with E-state index in [0.29, 0.717) is 0 Å². The van der Waals surface area contributed by atoms with Crippen LogP contribution >= 0.6 is 22.9 Å². The standard InChI is InChI=1S/C15H18ClN5O6S/c1-6(2)27-21-9(7-5-28-15(17-7)18-8(22)4-16)12(23)19-10-11(14(25)26-3)20-13(10)24/h5-6,10-11H,4H2,1-3H3,(H,19,23)(H,20,24)(H,17,18,22)/b21-9+/t10-,11-/m1/s1. The van der Waals surface area contributed by atoms with Gasteiger partial charge in [-0.2, -0.15) is 0 Å². The predicted molar refractivity (Wildman–Crippen MR) is 100 cm³/mol. The van der Waals surface area contributed by atoms with Crippen molar-refractivity contribution >= 4 is 57.5 Å². The third kappa shape index (κ3) is 5.16. The molecule has 13 heteroatoms. The number of methoxy groups -OCH3 is 1. The molecule has 0 unspecified atom stereocenters. The third-order valence-electron chi connectivity index (χ3n) is 3.34. The van der Waals surface area contributed by atoms with E-state index in [1.807, 2.05) is 0 Å². The molecular weight excluding hydrogens is 414 g/mol. The molecule has 2 rings (SSSR count). The summed E-state index contributed by atoms with van der Waals surface area (Å²) in [6, 6.07) is -2.11. The Morgan fingerprint density at radius 1 is 1.43 bits per heavy atom. The SMILES string of the molecule is COC(=O)[C@@H]1NC(=O)[C@@H]1NC(=O)/C(=N/OC(C)C)c1csc(NC(=O)CCl)n1. The van der Waals surface area contributed by atoms with Crippen molar-refractivity contribution in [2.75, 3.05) is 18.3 Å². The van der Waals surface area contributed by atoms with Crippen LogP contribution in [0.3, 0.4) is 0 Å². The van der Waals surface area contributed by atoms with Crippen molar-refractivity contribution in [1.82, 2.24) is 15.6 Å². The predicted octanol–water partition coefficient (Wildman–Crippen LogP) is -0.394. The summed E-state index contributed by atoms with van der Waals surface area (Å²) in [4.78, 5) is 56.6. The Morgan fingerprint density at radius 3 is 2.71 bits per heavy atom. The fourth-order valence-corrected chi connectivity index (χ4v) is 2.80. The molecule has 11 nitrogen and oxygen atoms in total. The zero-order valence-electron chi connectivity index (χ0n) is 15.1. The fourth-order valence-electron chi connectivity index (χ4n) is 2.02. The summed E-state index contributed by atoms with van der Waals surface area (Å²) in [5.74, 6) is -2.73. The molecule has 1 fully saturated rings. The number of anilines is 1. The van der Waals surface area contributed by atoms with Crippen molar-refractivity contribution < 1.29 is 28.8 Å². The number of alkyl halides is 1. The van der Waals surface area contributed by atoms with Gasteiger partial charge in [-0.3, -0.25) is 14.4 Å². The number of oxime groups is 1. The number of rotatable bonds is 8. The first-order valence-electron chi connectivity index (χ1n) is 8.01. The van der Waals surface area contributed by atoms with Gasteiger partial charge in [0.15, 0.2) is 16.9 Å². The molecule has 1 aromatic rings. The molecule has 3 amide bonds. The first kappa shape index (κ1) is 21.6. The highest BCUT2D eigenvalue weighted by molar-refractivity contribution is 7.14. The monoisotopic (exact) mass is 431 g/mol. The number of carbonyl (C=O) groups is 4. The van der Waals surface area contributed by atoms with Crippen LogP contribution in [0.2, 0.25) is 0 Å². The molecule has 1 aliphatic rings. The molecule has 28 heavy (non-hydrogen) atoms. The zero-order valence-corrected chi connectivity index (χ0v) is 16.7. The molecule has 0 aromatic carbocycles. The highest BCUT2D eigenvalue weighted by Crippen LogP contribution is 2.17. The van der Waals surface area contributed by atoms with E-state index in [0.717, 1.165) is 11.3 Å². The van der Waals surface area contributed by atoms with Gasteiger partial charge in [-0.15, -0.1) is 22.9 Å². The lowest BCUT2D eigenvalue weighted by Gasteiger charge is -2.34. The first-order valence-corrected chi connectivity index (χ1v) is 9.42. The van der Waals surface area contributed by atoms with Crippen LogP contribution in [0, 0.1) is 0 Å². The largest absolute Gasteiger partial charge is 0.467 e. The summed E-state index contributed by atoms with van der Waals surface area (Å²) >= 11 is 6.48. The molecule has 0 saturated carbocycles. The van der Waals surface area contributed by atoms with Crippen molar-refractivity contribution in [3.8, 4) is 0 Å². The lowest BCUT2D eigenvalue weighted by Crippen LogP contribution is -2.72. The molecule has 152 valence electrons. The van der Waals surface area contributed by atoms with E-state index in [-0.39, 0.29) is 28.5 Å². The molecule has 3 N–H and O–H groups in total. The molecule has 0 aliphatic carbocycles. The lowest BCUT2D eigenvalue weighted by molar-refractivity contribution is -0.153. The highest BCUT2D eigenvalue weighted by Gasteiger charge is 2.46. The average Bonchev–Trinajstić information content (AvgIpc) is 3.11. The topological polar surface area (TPSA) is 148 Å². The first-order chi connectivity index (χ1) is 13.3. The van der Waals surface area contributed by atoms with Gasteiger partial charge in [0, 0.05) is 5.38 Å². The summed E-state index contributed by atoms with van der Waals surface area (Å²) in [7, 11) is 1.17. The van der Waals surface area contributed by atoms with Gasteiger partial charge in [0.2, 0.25) is 11.8 Å². The van der Waals surface area contributed by atoms with Gasteiger partial charge < -0.3 is 25.5 Å². The Morgan fingerprint density at radius 2 is 2.14 bits per heavy atom. The molecule has 2 atom stereocenters. The number of nitrogens with one attached hydrogen (secondary N) is 3. The van der Waals surface area contributed by atoms with Crippen LogP contribution in [0.15, 0.2) is 10.5 Å². The number of hydrogen-bond acceptors (Lipinski definition) is 9. The Bertz CT molecular complexity index is 811. The van der Waals surface area contributed by atoms with Crippen LogP contribution in [0.4, 0.5) is 5.13 Å². The second-order valence-corrected chi connectivity index (χ2v) is 6.90. The molecule has 0 bridgehead atoms. The highest BCUT2D eigenvalue weighted by atomic mass is 35.5. The lowest BCUT2D eigenvalue weighted by atomic mass is 9.99. The number of ether oxygens (including phenoxy) is 1. The summed E-state index contributed by atoms with van der Waals surface area (Å²) in [5.41, 5.74) is -0.109. The number of thiazole rings is 1.